The van der Waals surface area contributed by atoms with Gasteiger partial charge in [-0.05, 0) is 74.4 Å². The third kappa shape index (κ3) is 3.07. The molecule has 2 aromatic heterocycles. The summed E-state index contributed by atoms with van der Waals surface area (Å²) in [6.07, 6.45) is 5.16. The van der Waals surface area contributed by atoms with Crippen LogP contribution in [0.15, 0.2) is 29.6 Å². The number of aromatic hydroxyl groups is 1. The number of anilines is 1. The molecule has 0 unspecified atom stereocenters. The molecule has 5 rings (SSSR count). The Morgan fingerprint density at radius 3 is 3.00 bits per heavy atom. The Kier molecular flexibility index (Phi) is 4.25. The normalized spacial score (nSPS) is 22.9. The van der Waals surface area contributed by atoms with Crippen molar-refractivity contribution in [3.05, 3.63) is 35.2 Å². The third-order valence-electron chi connectivity index (χ3n) is 6.00. The Morgan fingerprint density at radius 1 is 1.19 bits per heavy atom. The number of nitrogens with one attached hydrogen (secondary N) is 1. The molecular formula is C21H24N4OS. The van der Waals surface area contributed by atoms with Crippen LogP contribution in [0.3, 0.4) is 0 Å². The average Bonchev–Trinajstić information content (AvgIpc) is 3.32. The van der Waals surface area contributed by atoms with Gasteiger partial charge in [-0.25, -0.2) is 0 Å². The molecule has 2 N–H and O–H groups in total. The highest BCUT2D eigenvalue weighted by atomic mass is 32.1. The van der Waals surface area contributed by atoms with Gasteiger partial charge in [0.15, 0.2) is 0 Å². The highest BCUT2D eigenvalue weighted by molar-refractivity contribution is 7.17. The number of piperidine rings is 1. The first-order valence-corrected chi connectivity index (χ1v) is 10.6. The van der Waals surface area contributed by atoms with Crippen molar-refractivity contribution < 1.29 is 5.11 Å². The van der Waals surface area contributed by atoms with Gasteiger partial charge in [0.05, 0.1) is 5.69 Å². The number of hydrogen-bond donors (Lipinski definition) is 2. The van der Waals surface area contributed by atoms with Crippen molar-refractivity contribution in [2.24, 2.45) is 0 Å². The van der Waals surface area contributed by atoms with Gasteiger partial charge in [-0.3, -0.25) is 4.90 Å². The van der Waals surface area contributed by atoms with Crippen LogP contribution in [-0.2, 0) is 0 Å². The van der Waals surface area contributed by atoms with E-state index in [1.54, 1.807) is 11.3 Å². The highest BCUT2D eigenvalue weighted by Gasteiger charge is 2.31. The second-order valence-corrected chi connectivity index (χ2v) is 8.71. The summed E-state index contributed by atoms with van der Waals surface area (Å²) in [4.78, 5) is 2.62. The van der Waals surface area contributed by atoms with Crippen LogP contribution in [0.25, 0.3) is 21.3 Å². The van der Waals surface area contributed by atoms with Crippen molar-refractivity contribution in [3.8, 4) is 17.0 Å². The molecule has 0 bridgehead atoms. The molecule has 2 saturated heterocycles. The first-order chi connectivity index (χ1) is 13.2. The number of aryl methyl sites for hydroxylation is 1. The zero-order valence-corrected chi connectivity index (χ0v) is 16.3. The number of phenols is 1. The van der Waals surface area contributed by atoms with Crippen LogP contribution in [0.2, 0.25) is 0 Å². The van der Waals surface area contributed by atoms with Crippen molar-refractivity contribution in [2.45, 2.75) is 44.7 Å². The number of fused-ring (bicyclic) bond motifs is 2. The summed E-state index contributed by atoms with van der Waals surface area (Å²) in [7, 11) is 0. The summed E-state index contributed by atoms with van der Waals surface area (Å²) in [5, 5.41) is 26.0. The topological polar surface area (TPSA) is 61.3 Å². The maximum absolute atomic E-state index is 10.7. The van der Waals surface area contributed by atoms with E-state index >= 15 is 0 Å². The molecule has 2 atom stereocenters. The van der Waals surface area contributed by atoms with Gasteiger partial charge < -0.3 is 10.4 Å². The van der Waals surface area contributed by atoms with Crippen LogP contribution in [0.4, 0.5) is 5.82 Å². The Balaban J connectivity index is 1.38. The Hall–Kier alpha value is -2.18. The lowest BCUT2D eigenvalue weighted by Gasteiger charge is -2.35. The molecule has 0 radical (unpaired) electrons. The van der Waals surface area contributed by atoms with Crippen LogP contribution in [-0.4, -0.2) is 45.4 Å². The molecule has 0 spiro atoms. The minimum absolute atomic E-state index is 0.291. The monoisotopic (exact) mass is 380 g/mol. The lowest BCUT2D eigenvalue weighted by Crippen LogP contribution is -2.44. The van der Waals surface area contributed by atoms with E-state index in [0.29, 0.717) is 11.8 Å². The van der Waals surface area contributed by atoms with Crippen LogP contribution in [0.5, 0.6) is 5.75 Å². The number of nitrogens with zero attached hydrogens (tertiary/aromatic N) is 3. The Labute approximate surface area is 163 Å². The van der Waals surface area contributed by atoms with Gasteiger partial charge in [0.25, 0.3) is 0 Å². The molecule has 0 amide bonds. The summed E-state index contributed by atoms with van der Waals surface area (Å²) in [5.74, 6) is 1.12. The number of benzene rings is 1. The third-order valence-corrected chi connectivity index (χ3v) is 6.88. The molecule has 4 heterocycles. The van der Waals surface area contributed by atoms with Crippen LogP contribution < -0.4 is 5.32 Å². The van der Waals surface area contributed by atoms with E-state index in [1.807, 2.05) is 30.5 Å². The van der Waals surface area contributed by atoms with E-state index < -0.39 is 0 Å². The Bertz CT molecular complexity index is 985. The molecule has 1 aromatic carbocycles. The van der Waals surface area contributed by atoms with Crippen molar-refractivity contribution in [2.75, 3.05) is 18.4 Å². The number of thiophene rings is 1. The zero-order chi connectivity index (χ0) is 18.4. The van der Waals surface area contributed by atoms with Gasteiger partial charge in [0.2, 0.25) is 0 Å². The van der Waals surface area contributed by atoms with Crippen LogP contribution in [0.1, 0.15) is 31.2 Å². The van der Waals surface area contributed by atoms with Crippen molar-refractivity contribution in [1.29, 1.82) is 0 Å². The summed E-state index contributed by atoms with van der Waals surface area (Å²) in [6, 6.07) is 9.22. The molecule has 0 saturated carbocycles. The molecule has 5 nitrogen and oxygen atoms in total. The largest absolute Gasteiger partial charge is 0.507 e. The van der Waals surface area contributed by atoms with Gasteiger partial charge in [-0.15, -0.1) is 21.5 Å². The van der Waals surface area contributed by atoms with Gasteiger partial charge >= 0.3 is 0 Å². The predicted molar refractivity (Wildman–Crippen MR) is 110 cm³/mol. The lowest BCUT2D eigenvalue weighted by atomic mass is 9.99. The van der Waals surface area contributed by atoms with Crippen molar-refractivity contribution in [1.82, 2.24) is 15.1 Å². The minimum atomic E-state index is 0.291. The Morgan fingerprint density at radius 2 is 2.11 bits per heavy atom. The van der Waals surface area contributed by atoms with Crippen molar-refractivity contribution in [3.63, 3.8) is 0 Å². The fraction of sp³-hybridized carbons (Fsp3) is 0.429. The fourth-order valence-corrected chi connectivity index (χ4v) is 5.39. The van der Waals surface area contributed by atoms with Gasteiger partial charge in [-0.2, -0.15) is 0 Å². The minimum Gasteiger partial charge on any atom is -0.507 e. The zero-order valence-electron chi connectivity index (χ0n) is 15.5. The molecular weight excluding hydrogens is 356 g/mol. The van der Waals surface area contributed by atoms with Crippen LogP contribution >= 0.6 is 11.3 Å². The molecule has 2 fully saturated rings. The smallest absolute Gasteiger partial charge is 0.149 e. The molecule has 2 aliphatic heterocycles. The average molecular weight is 381 g/mol. The number of rotatable bonds is 3. The lowest BCUT2D eigenvalue weighted by molar-refractivity contribution is 0.186. The summed E-state index contributed by atoms with van der Waals surface area (Å²) >= 11 is 1.63. The van der Waals surface area contributed by atoms with E-state index in [-0.39, 0.29) is 0 Å². The predicted octanol–water partition coefficient (Wildman–Crippen LogP) is 4.41. The second kappa shape index (κ2) is 6.77. The number of phenolic OH excluding ortho intramolecular Hbond substituents is 1. The highest BCUT2D eigenvalue weighted by Crippen LogP contribution is 2.38. The van der Waals surface area contributed by atoms with E-state index in [1.165, 1.54) is 32.2 Å². The maximum atomic E-state index is 10.7. The SMILES string of the molecule is Cc1cc(N[C@@H]2CC[C@@H]3CCCN3C2)nnc1-c1ccc2sccc2c1O. The van der Waals surface area contributed by atoms with E-state index in [2.05, 4.69) is 26.5 Å². The summed E-state index contributed by atoms with van der Waals surface area (Å²) in [5.41, 5.74) is 2.51. The second-order valence-electron chi connectivity index (χ2n) is 7.76. The summed E-state index contributed by atoms with van der Waals surface area (Å²) < 4.78 is 1.08. The molecule has 140 valence electrons. The molecule has 2 aliphatic rings. The van der Waals surface area contributed by atoms with E-state index in [9.17, 15) is 5.11 Å². The summed E-state index contributed by atoms with van der Waals surface area (Å²) in [6.45, 7) is 4.36. The molecule has 27 heavy (non-hydrogen) atoms. The molecule has 0 aliphatic carbocycles. The number of hydrogen-bond acceptors (Lipinski definition) is 6. The van der Waals surface area contributed by atoms with Gasteiger partial charge in [-0.1, -0.05) is 0 Å². The maximum Gasteiger partial charge on any atom is 0.149 e. The van der Waals surface area contributed by atoms with E-state index in [4.69, 9.17) is 0 Å². The fourth-order valence-electron chi connectivity index (χ4n) is 4.60. The van der Waals surface area contributed by atoms with Gasteiger partial charge in [0, 0.05) is 34.3 Å². The molecule has 3 aromatic rings. The first kappa shape index (κ1) is 17.0. The van der Waals surface area contributed by atoms with E-state index in [0.717, 1.165) is 45.3 Å². The first-order valence-electron chi connectivity index (χ1n) is 9.73. The van der Waals surface area contributed by atoms with Crippen LogP contribution in [0, 0.1) is 6.92 Å². The van der Waals surface area contributed by atoms with Gasteiger partial charge in [0.1, 0.15) is 11.6 Å². The number of aromatic nitrogens is 2. The molecule has 6 heteroatoms. The quantitative estimate of drug-likeness (QED) is 0.705. The standard InChI is InChI=1S/C21H24N4OS/c1-13-11-19(22-14-4-5-15-3-2-9-25(15)12-14)23-24-20(13)17-6-7-18-16(21(17)26)8-10-27-18/h6-8,10-11,14-15,26H,2-5,9,12H2,1H3,(H,22,23)/t14-,15+/m1/s1. The van der Waals surface area contributed by atoms with Crippen molar-refractivity contribution >= 4 is 27.2 Å².